The monoisotopic (exact) mass is 512 g/mol. The number of halogens is 1. The third-order valence-electron chi connectivity index (χ3n) is 8.05. The number of benzene rings is 3. The summed E-state index contributed by atoms with van der Waals surface area (Å²) in [6.45, 7) is 4.71. The number of hydrogen-bond donors (Lipinski definition) is 1. The summed E-state index contributed by atoms with van der Waals surface area (Å²) in [7, 11) is 0. The van der Waals surface area contributed by atoms with E-state index in [4.69, 9.17) is 4.74 Å². The van der Waals surface area contributed by atoms with E-state index in [0.29, 0.717) is 36.6 Å². The van der Waals surface area contributed by atoms with E-state index >= 15 is 4.39 Å². The third kappa shape index (κ3) is 3.74. The minimum atomic E-state index is -0.562. The predicted molar refractivity (Wildman–Crippen MR) is 146 cm³/mol. The normalized spacial score (nSPS) is 16.7. The Morgan fingerprint density at radius 2 is 1.68 bits per heavy atom. The van der Waals surface area contributed by atoms with Gasteiger partial charge in [0.05, 0.1) is 11.1 Å². The summed E-state index contributed by atoms with van der Waals surface area (Å²) >= 11 is 0. The van der Waals surface area contributed by atoms with Gasteiger partial charge in [0.2, 0.25) is 5.43 Å². The molecule has 0 bridgehead atoms. The zero-order chi connectivity index (χ0) is 25.8. The minimum absolute atomic E-state index is 0.0560. The average Bonchev–Trinajstić information content (AvgIpc) is 3.65. The molecule has 0 aliphatic carbocycles. The first kappa shape index (κ1) is 23.2. The van der Waals surface area contributed by atoms with Crippen LogP contribution in [0.3, 0.4) is 0 Å². The highest BCUT2D eigenvalue weighted by Crippen LogP contribution is 2.46. The summed E-state index contributed by atoms with van der Waals surface area (Å²) in [4.78, 5) is 31.1. The molecular weight excluding hydrogens is 483 g/mol. The molecule has 1 amide bonds. The maximum atomic E-state index is 15.7. The molecule has 4 aromatic rings. The first-order chi connectivity index (χ1) is 18.6. The first-order valence-corrected chi connectivity index (χ1v) is 13.5. The summed E-state index contributed by atoms with van der Waals surface area (Å²) in [6.07, 6.45) is 5.84. The Morgan fingerprint density at radius 1 is 0.974 bits per heavy atom. The molecule has 0 atom stereocenters. The van der Waals surface area contributed by atoms with Crippen molar-refractivity contribution >= 4 is 33.3 Å². The van der Waals surface area contributed by atoms with Gasteiger partial charge in [0.25, 0.3) is 5.91 Å². The average molecular weight is 513 g/mol. The molecule has 2 saturated heterocycles. The van der Waals surface area contributed by atoms with Crippen LogP contribution in [0.25, 0.3) is 27.4 Å². The summed E-state index contributed by atoms with van der Waals surface area (Å²) < 4.78 is 23.9. The van der Waals surface area contributed by atoms with E-state index in [1.54, 1.807) is 11.1 Å². The molecule has 0 saturated carbocycles. The van der Waals surface area contributed by atoms with Gasteiger partial charge in [0.15, 0.2) is 17.3 Å². The van der Waals surface area contributed by atoms with Crippen LogP contribution in [0.2, 0.25) is 0 Å². The molecule has 8 heteroatoms. The smallest absolute Gasteiger partial charge is 0.259 e. The van der Waals surface area contributed by atoms with Gasteiger partial charge in [-0.05, 0) is 67.7 Å². The highest BCUT2D eigenvalue weighted by atomic mass is 19.1. The number of hydrogen-bond acceptors (Lipinski definition) is 5. The molecule has 0 unspecified atom stereocenters. The Kier molecular flexibility index (Phi) is 5.58. The molecule has 7 nitrogen and oxygen atoms in total. The molecule has 38 heavy (non-hydrogen) atoms. The Morgan fingerprint density at radius 3 is 2.45 bits per heavy atom. The fourth-order valence-corrected chi connectivity index (χ4v) is 6.06. The fourth-order valence-electron chi connectivity index (χ4n) is 6.06. The van der Waals surface area contributed by atoms with Gasteiger partial charge >= 0.3 is 0 Å². The van der Waals surface area contributed by atoms with Gasteiger partial charge in [0.1, 0.15) is 16.8 Å². The molecule has 7 rings (SSSR count). The van der Waals surface area contributed by atoms with Crippen LogP contribution in [-0.2, 0) is 0 Å². The Hall–Kier alpha value is -3.91. The van der Waals surface area contributed by atoms with Gasteiger partial charge in [-0.25, -0.2) is 4.39 Å². The molecule has 0 radical (unpaired) electrons. The molecule has 4 heterocycles. The lowest BCUT2D eigenvalue weighted by atomic mass is 10.0. The predicted octanol–water partition coefficient (Wildman–Crippen LogP) is 5.13. The zero-order valence-electron chi connectivity index (χ0n) is 21.1. The number of rotatable bonds is 5. The lowest BCUT2D eigenvalue weighted by Crippen LogP contribution is -2.33. The van der Waals surface area contributed by atoms with Crippen molar-refractivity contribution in [1.82, 2.24) is 14.4 Å². The van der Waals surface area contributed by atoms with Gasteiger partial charge in [-0.15, -0.1) is 0 Å². The first-order valence-electron chi connectivity index (χ1n) is 13.5. The third-order valence-corrected chi connectivity index (χ3v) is 8.05. The van der Waals surface area contributed by atoms with Crippen LogP contribution in [-0.4, -0.2) is 59.5 Å². The second-order valence-electron chi connectivity index (χ2n) is 10.4. The molecule has 3 aliphatic heterocycles. The summed E-state index contributed by atoms with van der Waals surface area (Å²) in [5, 5.41) is 5.38. The SMILES string of the molecule is O=C(c1cn2c3c(c(NCCN4CCCC4)c(F)cc3c1=O)Oc1cc3ccccc3cc1-2)N1CCCC1. The van der Waals surface area contributed by atoms with Crippen molar-refractivity contribution in [2.24, 2.45) is 0 Å². The summed E-state index contributed by atoms with van der Waals surface area (Å²) in [5.41, 5.74) is 1.01. The van der Waals surface area contributed by atoms with Crippen LogP contribution in [0.4, 0.5) is 10.1 Å². The van der Waals surface area contributed by atoms with Crippen molar-refractivity contribution < 1.29 is 13.9 Å². The molecular formula is C30H29FN4O3. The van der Waals surface area contributed by atoms with E-state index in [0.717, 1.165) is 43.2 Å². The maximum Gasteiger partial charge on any atom is 0.259 e. The van der Waals surface area contributed by atoms with E-state index in [9.17, 15) is 9.59 Å². The maximum absolute atomic E-state index is 15.7. The molecule has 3 aromatic carbocycles. The molecule has 2 fully saturated rings. The van der Waals surface area contributed by atoms with Crippen molar-refractivity contribution in [2.45, 2.75) is 25.7 Å². The number of aromatic nitrogens is 1. The highest BCUT2D eigenvalue weighted by molar-refractivity contribution is 6.02. The van der Waals surface area contributed by atoms with Gasteiger partial charge in [-0.2, -0.15) is 0 Å². The van der Waals surface area contributed by atoms with Gasteiger partial charge in [0, 0.05) is 32.4 Å². The van der Waals surface area contributed by atoms with Crippen LogP contribution in [0.5, 0.6) is 11.5 Å². The minimum Gasteiger partial charge on any atom is -0.451 e. The second-order valence-corrected chi connectivity index (χ2v) is 10.4. The van der Waals surface area contributed by atoms with E-state index in [2.05, 4.69) is 10.2 Å². The fraction of sp³-hybridized carbons (Fsp3) is 0.333. The highest BCUT2D eigenvalue weighted by Gasteiger charge is 2.30. The molecule has 1 aromatic heterocycles. The van der Waals surface area contributed by atoms with Crippen LogP contribution in [0, 0.1) is 5.82 Å². The van der Waals surface area contributed by atoms with Crippen molar-refractivity contribution in [3.63, 3.8) is 0 Å². The van der Waals surface area contributed by atoms with E-state index in [-0.39, 0.29) is 28.3 Å². The van der Waals surface area contributed by atoms with Crippen molar-refractivity contribution in [2.75, 3.05) is 44.6 Å². The van der Waals surface area contributed by atoms with Crippen molar-refractivity contribution in [3.05, 3.63) is 70.3 Å². The second kappa shape index (κ2) is 9.13. The van der Waals surface area contributed by atoms with Gasteiger partial charge in [-0.3, -0.25) is 9.59 Å². The quantitative estimate of drug-likeness (QED) is 0.354. The number of amides is 1. The van der Waals surface area contributed by atoms with Crippen molar-refractivity contribution in [3.8, 4) is 17.2 Å². The summed E-state index contributed by atoms with van der Waals surface area (Å²) in [5.74, 6) is -0.0373. The Balaban J connectivity index is 1.42. The lowest BCUT2D eigenvalue weighted by molar-refractivity contribution is 0.0791. The van der Waals surface area contributed by atoms with Crippen LogP contribution in [0.15, 0.2) is 53.5 Å². The number of nitrogens with zero attached hydrogens (tertiary/aromatic N) is 3. The lowest BCUT2D eigenvalue weighted by Gasteiger charge is -2.27. The number of ether oxygens (including phenoxy) is 1. The number of anilines is 1. The van der Waals surface area contributed by atoms with E-state index in [1.165, 1.54) is 18.9 Å². The number of likely N-dealkylation sites (tertiary alicyclic amines) is 2. The molecule has 0 spiro atoms. The zero-order valence-corrected chi connectivity index (χ0v) is 21.1. The van der Waals surface area contributed by atoms with E-state index < -0.39 is 11.2 Å². The number of pyridine rings is 1. The Bertz CT molecular complexity index is 1650. The largest absolute Gasteiger partial charge is 0.451 e. The number of carbonyl (C=O) groups is 1. The topological polar surface area (TPSA) is 66.8 Å². The number of fused-ring (bicyclic) bond motifs is 3. The summed E-state index contributed by atoms with van der Waals surface area (Å²) in [6, 6.07) is 13.1. The van der Waals surface area contributed by atoms with Crippen molar-refractivity contribution in [1.29, 1.82) is 0 Å². The Labute approximate surface area is 219 Å². The number of nitrogens with one attached hydrogen (secondary N) is 1. The molecule has 1 N–H and O–H groups in total. The molecule has 194 valence electrons. The van der Waals surface area contributed by atoms with Gasteiger partial charge < -0.3 is 24.4 Å². The van der Waals surface area contributed by atoms with E-state index in [1.807, 2.05) is 41.0 Å². The van der Waals surface area contributed by atoms with Crippen LogP contribution < -0.4 is 15.5 Å². The number of carbonyl (C=O) groups excluding carboxylic acids is 1. The van der Waals surface area contributed by atoms with Gasteiger partial charge in [-0.1, -0.05) is 24.3 Å². The van der Waals surface area contributed by atoms with Crippen LogP contribution in [0.1, 0.15) is 36.0 Å². The molecule has 3 aliphatic rings. The van der Waals surface area contributed by atoms with Crippen LogP contribution >= 0.6 is 0 Å². The standard InChI is InChI=1S/C30H29FN4O3/c31-23-17-21-27-29(26(23)32-9-14-33-10-3-4-11-33)38-25-16-20-8-2-1-7-19(20)15-24(25)35(27)18-22(28(21)36)30(37)34-12-5-6-13-34/h1-2,7-8,15-18,32H,3-6,9-14H2.